The smallest absolute Gasteiger partial charge is 0.201 e. The predicted octanol–water partition coefficient (Wildman–Crippen LogP) is 3.82. The van der Waals surface area contributed by atoms with Crippen molar-refractivity contribution in [2.75, 3.05) is 5.32 Å². The average Bonchev–Trinajstić information content (AvgIpc) is 3.02. The Morgan fingerprint density at radius 1 is 1.28 bits per heavy atom. The molecular weight excluding hydrogens is 246 g/mol. The molecule has 3 atom stereocenters. The van der Waals surface area contributed by atoms with Crippen LogP contribution in [-0.4, -0.2) is 16.0 Å². The van der Waals surface area contributed by atoms with E-state index in [9.17, 15) is 0 Å². The van der Waals surface area contributed by atoms with Crippen molar-refractivity contribution < 1.29 is 0 Å². The highest BCUT2D eigenvalue weighted by atomic mass is 35.5. The third-order valence-corrected chi connectivity index (χ3v) is 4.74. The fourth-order valence-electron chi connectivity index (χ4n) is 3.65. The van der Waals surface area contributed by atoms with Crippen LogP contribution in [0.4, 0.5) is 5.95 Å². The number of hydrogen-bond donors (Lipinski definition) is 2. The van der Waals surface area contributed by atoms with Crippen LogP contribution < -0.4 is 5.32 Å². The van der Waals surface area contributed by atoms with Crippen LogP contribution in [0.1, 0.15) is 25.7 Å². The van der Waals surface area contributed by atoms with Gasteiger partial charge in [0.05, 0.1) is 11.0 Å². The fourth-order valence-corrected chi connectivity index (χ4v) is 3.82. The topological polar surface area (TPSA) is 40.7 Å². The molecule has 2 aliphatic carbocycles. The summed E-state index contributed by atoms with van der Waals surface area (Å²) in [5.41, 5.74) is 1.98. The number of benzene rings is 1. The van der Waals surface area contributed by atoms with E-state index in [0.29, 0.717) is 6.04 Å². The maximum Gasteiger partial charge on any atom is 0.201 e. The van der Waals surface area contributed by atoms with Gasteiger partial charge in [-0.3, -0.25) is 0 Å². The third kappa shape index (κ3) is 1.69. The zero-order valence-electron chi connectivity index (χ0n) is 10.1. The van der Waals surface area contributed by atoms with Crippen molar-refractivity contribution in [3.05, 3.63) is 23.2 Å². The monoisotopic (exact) mass is 261 g/mol. The number of H-pyrrole nitrogens is 1. The lowest BCUT2D eigenvalue weighted by Gasteiger charge is -2.22. The highest BCUT2D eigenvalue weighted by molar-refractivity contribution is 6.31. The summed E-state index contributed by atoms with van der Waals surface area (Å²) < 4.78 is 0. The summed E-state index contributed by atoms with van der Waals surface area (Å²) in [6, 6.07) is 6.38. The zero-order valence-corrected chi connectivity index (χ0v) is 10.9. The molecule has 2 aromatic rings. The lowest BCUT2D eigenvalue weighted by Crippen LogP contribution is -2.26. The molecule has 2 fully saturated rings. The van der Waals surface area contributed by atoms with Gasteiger partial charge in [-0.1, -0.05) is 18.0 Å². The van der Waals surface area contributed by atoms with Gasteiger partial charge in [-0.25, -0.2) is 4.98 Å². The van der Waals surface area contributed by atoms with Crippen LogP contribution in [-0.2, 0) is 0 Å². The number of nitrogens with one attached hydrogen (secondary N) is 2. The number of anilines is 1. The summed E-state index contributed by atoms with van der Waals surface area (Å²) in [7, 11) is 0. The Hall–Kier alpha value is -1.22. The molecule has 2 aliphatic rings. The standard InChI is InChI=1S/C14H16ClN3/c15-10-3-4-11-13(7-10)18-14(16-11)17-12-6-8-1-2-9(12)5-8/h3-4,7-9,12H,1-2,5-6H2,(H2,16,17,18)/t8-,9+,12+/m1/s1. The fraction of sp³-hybridized carbons (Fsp3) is 0.500. The second kappa shape index (κ2) is 3.89. The van der Waals surface area contributed by atoms with Crippen molar-refractivity contribution in [1.82, 2.24) is 9.97 Å². The summed E-state index contributed by atoms with van der Waals surface area (Å²) in [6.07, 6.45) is 5.53. The van der Waals surface area contributed by atoms with E-state index in [-0.39, 0.29) is 0 Å². The molecule has 1 aromatic carbocycles. The SMILES string of the molecule is Clc1ccc2nc(N[C@H]3C[C@@H]4CC[C@H]3C4)[nH]c2c1. The van der Waals surface area contributed by atoms with Crippen molar-refractivity contribution in [1.29, 1.82) is 0 Å². The van der Waals surface area contributed by atoms with E-state index in [4.69, 9.17) is 11.6 Å². The Balaban J connectivity index is 1.59. The van der Waals surface area contributed by atoms with E-state index < -0.39 is 0 Å². The molecule has 18 heavy (non-hydrogen) atoms. The van der Waals surface area contributed by atoms with Crippen LogP contribution in [0.15, 0.2) is 18.2 Å². The molecule has 0 unspecified atom stereocenters. The minimum Gasteiger partial charge on any atom is -0.353 e. The Bertz CT molecular complexity index is 592. The maximum atomic E-state index is 5.98. The van der Waals surface area contributed by atoms with Crippen molar-refractivity contribution in [3.63, 3.8) is 0 Å². The van der Waals surface area contributed by atoms with Gasteiger partial charge in [0, 0.05) is 11.1 Å². The molecule has 0 amide bonds. The maximum absolute atomic E-state index is 5.98. The Kier molecular flexibility index (Phi) is 2.31. The van der Waals surface area contributed by atoms with Gasteiger partial charge in [0.15, 0.2) is 0 Å². The Labute approximate surface area is 111 Å². The minimum absolute atomic E-state index is 0.611. The minimum atomic E-state index is 0.611. The molecule has 3 nitrogen and oxygen atoms in total. The van der Waals surface area contributed by atoms with Gasteiger partial charge < -0.3 is 10.3 Å². The van der Waals surface area contributed by atoms with Gasteiger partial charge in [-0.15, -0.1) is 0 Å². The average molecular weight is 262 g/mol. The van der Waals surface area contributed by atoms with Crippen molar-refractivity contribution in [2.24, 2.45) is 11.8 Å². The molecule has 0 radical (unpaired) electrons. The van der Waals surface area contributed by atoms with Gasteiger partial charge in [-0.2, -0.15) is 0 Å². The van der Waals surface area contributed by atoms with Crippen molar-refractivity contribution in [2.45, 2.75) is 31.7 Å². The highest BCUT2D eigenvalue weighted by Gasteiger charge is 2.39. The lowest BCUT2D eigenvalue weighted by atomic mass is 9.95. The summed E-state index contributed by atoms with van der Waals surface area (Å²) in [5, 5.41) is 4.32. The number of fused-ring (bicyclic) bond motifs is 3. The number of halogens is 1. The number of nitrogens with zero attached hydrogens (tertiary/aromatic N) is 1. The first-order valence-corrected chi connectivity index (χ1v) is 7.07. The van der Waals surface area contributed by atoms with Crippen LogP contribution in [0, 0.1) is 11.8 Å². The normalized spacial score (nSPS) is 30.2. The molecule has 2 N–H and O–H groups in total. The second-order valence-electron chi connectivity index (χ2n) is 5.67. The largest absolute Gasteiger partial charge is 0.353 e. The van der Waals surface area contributed by atoms with E-state index in [1.807, 2.05) is 18.2 Å². The van der Waals surface area contributed by atoms with Gasteiger partial charge in [0.1, 0.15) is 0 Å². The second-order valence-corrected chi connectivity index (χ2v) is 6.11. The molecule has 2 bridgehead atoms. The molecule has 1 heterocycles. The summed E-state index contributed by atoms with van der Waals surface area (Å²) in [5.74, 6) is 2.70. The number of aromatic nitrogens is 2. The van der Waals surface area contributed by atoms with Crippen LogP contribution in [0.5, 0.6) is 0 Å². The summed E-state index contributed by atoms with van der Waals surface area (Å²) in [6.45, 7) is 0. The molecule has 0 aliphatic heterocycles. The van der Waals surface area contributed by atoms with Crippen LogP contribution in [0.3, 0.4) is 0 Å². The zero-order chi connectivity index (χ0) is 12.1. The summed E-state index contributed by atoms with van der Waals surface area (Å²) in [4.78, 5) is 7.89. The molecule has 4 heteroatoms. The number of imidazole rings is 1. The van der Waals surface area contributed by atoms with Crippen LogP contribution >= 0.6 is 11.6 Å². The lowest BCUT2D eigenvalue weighted by molar-refractivity contribution is 0.438. The Morgan fingerprint density at radius 2 is 2.22 bits per heavy atom. The van der Waals surface area contributed by atoms with Crippen LogP contribution in [0.2, 0.25) is 5.02 Å². The van der Waals surface area contributed by atoms with E-state index >= 15 is 0 Å². The quantitative estimate of drug-likeness (QED) is 0.863. The van der Waals surface area contributed by atoms with E-state index in [2.05, 4.69) is 15.3 Å². The van der Waals surface area contributed by atoms with Gasteiger partial charge in [0.25, 0.3) is 0 Å². The van der Waals surface area contributed by atoms with E-state index in [1.165, 1.54) is 25.7 Å². The Morgan fingerprint density at radius 3 is 3.00 bits per heavy atom. The van der Waals surface area contributed by atoms with Gasteiger partial charge in [-0.05, 0) is 49.3 Å². The van der Waals surface area contributed by atoms with E-state index in [1.54, 1.807) is 0 Å². The molecule has 0 spiro atoms. The van der Waals surface area contributed by atoms with E-state index in [0.717, 1.165) is 33.8 Å². The van der Waals surface area contributed by atoms with Gasteiger partial charge in [0.2, 0.25) is 5.95 Å². The molecule has 0 saturated heterocycles. The third-order valence-electron chi connectivity index (χ3n) is 4.50. The van der Waals surface area contributed by atoms with Crippen molar-refractivity contribution in [3.8, 4) is 0 Å². The molecular formula is C14H16ClN3. The first-order valence-electron chi connectivity index (χ1n) is 6.70. The molecule has 94 valence electrons. The number of rotatable bonds is 2. The van der Waals surface area contributed by atoms with Crippen LogP contribution in [0.25, 0.3) is 11.0 Å². The molecule has 4 rings (SSSR count). The van der Waals surface area contributed by atoms with Crippen molar-refractivity contribution >= 4 is 28.6 Å². The first kappa shape index (κ1) is 10.7. The molecule has 2 saturated carbocycles. The first-order chi connectivity index (χ1) is 8.78. The summed E-state index contributed by atoms with van der Waals surface area (Å²) >= 11 is 5.98. The van der Waals surface area contributed by atoms with Gasteiger partial charge >= 0.3 is 0 Å². The molecule has 1 aromatic heterocycles. The number of aromatic amines is 1. The predicted molar refractivity (Wildman–Crippen MR) is 74.0 cm³/mol. The number of hydrogen-bond acceptors (Lipinski definition) is 2. The highest BCUT2D eigenvalue weighted by Crippen LogP contribution is 2.45.